The molecule has 0 fully saturated rings. The van der Waals surface area contributed by atoms with E-state index in [-0.39, 0.29) is 5.91 Å². The summed E-state index contributed by atoms with van der Waals surface area (Å²) in [4.78, 5) is 17.6. The average Bonchev–Trinajstić information content (AvgIpc) is 3.29. The van der Waals surface area contributed by atoms with Gasteiger partial charge in [0.15, 0.2) is 0 Å². The monoisotopic (exact) mass is 452 g/mol. The van der Waals surface area contributed by atoms with Gasteiger partial charge in [0.25, 0.3) is 5.91 Å². The third-order valence-corrected chi connectivity index (χ3v) is 5.48. The molecular formula is C21H21BrN6O. The lowest BCUT2D eigenvalue weighted by Crippen LogP contribution is -2.25. The number of aromatic nitrogens is 5. The maximum Gasteiger partial charge on any atom is 0.252 e. The first kappa shape index (κ1) is 19.3. The summed E-state index contributed by atoms with van der Waals surface area (Å²) in [6.07, 6.45) is 6.39. The van der Waals surface area contributed by atoms with Gasteiger partial charge in [-0.3, -0.25) is 14.2 Å². The Kier molecular flexibility index (Phi) is 5.44. The lowest BCUT2D eigenvalue weighted by molar-refractivity contribution is 0.0954. The molecule has 0 saturated heterocycles. The number of nitrogens with one attached hydrogen (secondary N) is 1. The van der Waals surface area contributed by atoms with E-state index in [1.165, 1.54) is 0 Å². The van der Waals surface area contributed by atoms with Gasteiger partial charge in [0, 0.05) is 43.5 Å². The maximum atomic E-state index is 12.9. The molecule has 0 saturated carbocycles. The number of carbonyl (C=O) groups excluding carboxylic acids is 1. The number of pyridine rings is 1. The number of carbonyl (C=O) groups is 1. The summed E-state index contributed by atoms with van der Waals surface area (Å²) in [6.45, 7) is 3.26. The second-order valence-electron chi connectivity index (χ2n) is 6.91. The molecule has 1 amide bonds. The van der Waals surface area contributed by atoms with Crippen molar-refractivity contribution in [1.82, 2.24) is 29.9 Å². The summed E-state index contributed by atoms with van der Waals surface area (Å²) >= 11 is 3.46. The van der Waals surface area contributed by atoms with E-state index in [0.717, 1.165) is 45.3 Å². The lowest BCUT2D eigenvalue weighted by atomic mass is 10.0. The van der Waals surface area contributed by atoms with Gasteiger partial charge in [-0.15, -0.1) is 0 Å². The molecule has 7 nitrogen and oxygen atoms in total. The van der Waals surface area contributed by atoms with Crippen LogP contribution in [0.15, 0.2) is 53.4 Å². The molecule has 1 N–H and O–H groups in total. The van der Waals surface area contributed by atoms with Crippen LogP contribution < -0.4 is 5.32 Å². The number of amides is 1. The number of para-hydroxylation sites is 1. The van der Waals surface area contributed by atoms with E-state index in [4.69, 9.17) is 4.98 Å². The number of fused-ring (bicyclic) bond motifs is 1. The van der Waals surface area contributed by atoms with Crippen LogP contribution in [0.5, 0.6) is 0 Å². The Bertz CT molecular complexity index is 1160. The minimum absolute atomic E-state index is 0.105. The van der Waals surface area contributed by atoms with E-state index < -0.39 is 0 Å². The van der Waals surface area contributed by atoms with E-state index in [9.17, 15) is 4.79 Å². The normalized spacial score (nSPS) is 11.1. The fourth-order valence-corrected chi connectivity index (χ4v) is 3.53. The summed E-state index contributed by atoms with van der Waals surface area (Å²) in [6, 6.07) is 9.53. The molecule has 0 aliphatic carbocycles. The molecule has 4 rings (SSSR count). The largest absolute Gasteiger partial charge is 0.352 e. The Labute approximate surface area is 176 Å². The van der Waals surface area contributed by atoms with E-state index in [1.54, 1.807) is 10.9 Å². The molecule has 0 radical (unpaired) electrons. The van der Waals surface area contributed by atoms with Crippen molar-refractivity contribution in [2.75, 3.05) is 6.54 Å². The molecule has 29 heavy (non-hydrogen) atoms. The first-order valence-corrected chi connectivity index (χ1v) is 10.2. The Hall–Kier alpha value is -3.00. The van der Waals surface area contributed by atoms with Crippen LogP contribution in [0.1, 0.15) is 22.5 Å². The van der Waals surface area contributed by atoms with Crippen LogP contribution in [0.2, 0.25) is 0 Å². The minimum atomic E-state index is -0.105. The Morgan fingerprint density at radius 3 is 2.79 bits per heavy atom. The number of rotatable bonds is 6. The van der Waals surface area contributed by atoms with Crippen molar-refractivity contribution in [2.45, 2.75) is 19.9 Å². The molecular weight excluding hydrogens is 432 g/mol. The van der Waals surface area contributed by atoms with Gasteiger partial charge in [0.1, 0.15) is 0 Å². The van der Waals surface area contributed by atoms with Gasteiger partial charge in [-0.05, 0) is 41.4 Å². The Morgan fingerprint density at radius 1 is 1.24 bits per heavy atom. The number of nitrogens with zero attached hydrogens (tertiary/aromatic N) is 5. The van der Waals surface area contributed by atoms with Gasteiger partial charge in [-0.25, -0.2) is 4.98 Å². The summed E-state index contributed by atoms with van der Waals surface area (Å²) in [7, 11) is 1.86. The van der Waals surface area contributed by atoms with E-state index in [0.29, 0.717) is 12.1 Å². The molecule has 0 bridgehead atoms. The van der Waals surface area contributed by atoms with Gasteiger partial charge in [-0.1, -0.05) is 18.2 Å². The van der Waals surface area contributed by atoms with Gasteiger partial charge < -0.3 is 5.32 Å². The molecule has 3 heterocycles. The van der Waals surface area contributed by atoms with Crippen molar-refractivity contribution >= 4 is 32.7 Å². The van der Waals surface area contributed by atoms with Crippen molar-refractivity contribution in [2.24, 2.45) is 7.05 Å². The summed E-state index contributed by atoms with van der Waals surface area (Å²) in [5, 5.41) is 12.5. The number of hydrogen-bond acceptors (Lipinski definition) is 4. The Morgan fingerprint density at radius 2 is 2.07 bits per heavy atom. The van der Waals surface area contributed by atoms with Crippen molar-refractivity contribution < 1.29 is 4.79 Å². The topological polar surface area (TPSA) is 77.6 Å². The lowest BCUT2D eigenvalue weighted by Gasteiger charge is -2.10. The number of benzene rings is 1. The molecule has 4 aromatic rings. The average molecular weight is 453 g/mol. The molecule has 0 unspecified atom stereocenters. The van der Waals surface area contributed by atoms with Crippen molar-refractivity contribution in [3.8, 4) is 11.3 Å². The fourth-order valence-electron chi connectivity index (χ4n) is 3.21. The minimum Gasteiger partial charge on any atom is -0.352 e. The molecule has 3 aromatic heterocycles. The van der Waals surface area contributed by atoms with Gasteiger partial charge in [-0.2, -0.15) is 10.2 Å². The first-order chi connectivity index (χ1) is 14.0. The number of halogens is 1. The summed E-state index contributed by atoms with van der Waals surface area (Å²) in [5.41, 5.74) is 3.98. The van der Waals surface area contributed by atoms with Gasteiger partial charge in [0.2, 0.25) is 0 Å². The van der Waals surface area contributed by atoms with E-state index >= 15 is 0 Å². The van der Waals surface area contributed by atoms with Crippen LogP contribution in [0.4, 0.5) is 0 Å². The van der Waals surface area contributed by atoms with Gasteiger partial charge >= 0.3 is 0 Å². The van der Waals surface area contributed by atoms with Crippen molar-refractivity contribution in [1.29, 1.82) is 0 Å². The van der Waals surface area contributed by atoms with Crippen LogP contribution in [-0.2, 0) is 13.6 Å². The third kappa shape index (κ3) is 4.22. The molecule has 8 heteroatoms. The highest BCUT2D eigenvalue weighted by Crippen LogP contribution is 2.24. The molecule has 0 atom stereocenters. The van der Waals surface area contributed by atoms with Crippen LogP contribution in [0.25, 0.3) is 22.2 Å². The molecule has 148 valence electrons. The van der Waals surface area contributed by atoms with Crippen molar-refractivity contribution in [3.63, 3.8) is 0 Å². The highest BCUT2D eigenvalue weighted by Gasteiger charge is 2.14. The molecule has 0 aliphatic rings. The highest BCUT2D eigenvalue weighted by atomic mass is 79.9. The Balaban J connectivity index is 1.51. The smallest absolute Gasteiger partial charge is 0.252 e. The number of hydrogen-bond donors (Lipinski definition) is 1. The second-order valence-corrected chi connectivity index (χ2v) is 7.76. The number of aryl methyl sites for hydroxylation is 3. The van der Waals surface area contributed by atoms with E-state index in [2.05, 4.69) is 31.4 Å². The zero-order valence-electron chi connectivity index (χ0n) is 16.3. The van der Waals surface area contributed by atoms with Crippen LogP contribution in [-0.4, -0.2) is 37.0 Å². The van der Waals surface area contributed by atoms with Crippen LogP contribution in [0, 0.1) is 6.92 Å². The summed E-state index contributed by atoms with van der Waals surface area (Å²) in [5.74, 6) is -0.105. The summed E-state index contributed by atoms with van der Waals surface area (Å²) < 4.78 is 4.60. The van der Waals surface area contributed by atoms with Crippen LogP contribution >= 0.6 is 15.9 Å². The maximum absolute atomic E-state index is 12.9. The van der Waals surface area contributed by atoms with E-state index in [1.807, 2.05) is 61.4 Å². The third-order valence-electron chi connectivity index (χ3n) is 4.70. The SMILES string of the molecule is Cc1nn(CCCNC(=O)c2cc(-c3cnn(C)c3)nc3ccccc23)cc1Br. The standard InChI is InChI=1S/C21H21BrN6O/c1-14-18(22)13-28(26-14)9-5-8-23-21(29)17-10-20(15-11-24-27(2)12-15)25-19-7-4-3-6-16(17)19/h3-4,6-7,10-13H,5,8-9H2,1-2H3,(H,23,29). The fraction of sp³-hybridized carbons (Fsp3) is 0.238. The van der Waals surface area contributed by atoms with Crippen molar-refractivity contribution in [3.05, 3.63) is 64.7 Å². The molecule has 0 aliphatic heterocycles. The highest BCUT2D eigenvalue weighted by molar-refractivity contribution is 9.10. The second kappa shape index (κ2) is 8.16. The predicted molar refractivity (Wildman–Crippen MR) is 116 cm³/mol. The van der Waals surface area contributed by atoms with Gasteiger partial charge in [0.05, 0.1) is 33.1 Å². The zero-order valence-corrected chi connectivity index (χ0v) is 17.8. The quantitative estimate of drug-likeness (QED) is 0.452. The van der Waals surface area contributed by atoms with Crippen LogP contribution in [0.3, 0.4) is 0 Å². The molecule has 1 aromatic carbocycles. The first-order valence-electron chi connectivity index (χ1n) is 9.38. The molecule has 0 spiro atoms. The zero-order chi connectivity index (χ0) is 20.4. The predicted octanol–water partition coefficient (Wildman–Crippen LogP) is 3.72.